The first kappa shape index (κ1) is 26.8. The predicted molar refractivity (Wildman–Crippen MR) is 123 cm³/mol. The Morgan fingerprint density at radius 3 is 1.74 bits per heavy atom. The van der Waals surface area contributed by atoms with E-state index in [1.54, 1.807) is 6.92 Å². The molecule has 0 bridgehead atoms. The van der Waals surface area contributed by atoms with E-state index in [9.17, 15) is 29.8 Å². The summed E-state index contributed by atoms with van der Waals surface area (Å²) in [6.45, 7) is 2.11. The van der Waals surface area contributed by atoms with Crippen LogP contribution >= 0.6 is 23.2 Å². The van der Waals surface area contributed by atoms with Gasteiger partial charge in [0, 0.05) is 6.07 Å². The lowest BCUT2D eigenvalue weighted by atomic mass is 10.1. The average Bonchev–Trinajstić information content (AvgIpc) is 2.77. The highest BCUT2D eigenvalue weighted by Gasteiger charge is 2.24. The number of nitrogens with zero attached hydrogens (tertiary/aromatic N) is 2. The van der Waals surface area contributed by atoms with Crippen molar-refractivity contribution in [3.63, 3.8) is 0 Å². The number of hydrogen-bond acceptors (Lipinski definition) is 9. The number of carbonyl (C=O) groups excluding carboxylic acids is 2. The van der Waals surface area contributed by atoms with Crippen LogP contribution in [0.1, 0.15) is 45.5 Å². The first-order valence-electron chi connectivity index (χ1n) is 9.87. The summed E-state index contributed by atoms with van der Waals surface area (Å²) in [6, 6.07) is 4.72. The van der Waals surface area contributed by atoms with Crippen LogP contribution in [0.5, 0.6) is 17.2 Å². The molecule has 0 heterocycles. The summed E-state index contributed by atoms with van der Waals surface area (Å²) in [4.78, 5) is 43.7. The van der Waals surface area contributed by atoms with E-state index in [4.69, 9.17) is 37.4 Å². The molecule has 0 aromatic heterocycles. The second-order valence-electron chi connectivity index (χ2n) is 6.97. The number of aryl methyl sites for hydroxylation is 1. The molecule has 0 aliphatic rings. The van der Waals surface area contributed by atoms with Gasteiger partial charge in [-0.25, -0.2) is 0 Å². The fraction of sp³-hybridized carbons (Fsp3) is 0.333. The summed E-state index contributed by atoms with van der Waals surface area (Å²) in [7, 11) is 1.33. The van der Waals surface area contributed by atoms with Gasteiger partial charge in [0.2, 0.25) is 0 Å². The number of nitro groups is 2. The minimum absolute atomic E-state index is 0.101. The number of rotatable bonds is 13. The molecular formula is C21H20Cl2N2O9. The van der Waals surface area contributed by atoms with Crippen molar-refractivity contribution in [2.75, 3.05) is 20.3 Å². The molecule has 0 aliphatic carbocycles. The monoisotopic (exact) mass is 514 g/mol. The Labute approximate surface area is 203 Å². The van der Waals surface area contributed by atoms with Crippen LogP contribution < -0.4 is 14.2 Å². The molecule has 0 fully saturated rings. The van der Waals surface area contributed by atoms with Gasteiger partial charge in [0.1, 0.15) is 16.9 Å². The van der Waals surface area contributed by atoms with E-state index in [0.29, 0.717) is 24.8 Å². The van der Waals surface area contributed by atoms with Crippen LogP contribution in [0.15, 0.2) is 24.3 Å². The normalized spacial score (nSPS) is 10.5. The summed E-state index contributed by atoms with van der Waals surface area (Å²) in [5.74, 6) is 0.508. The fourth-order valence-electron chi connectivity index (χ4n) is 3.02. The second-order valence-corrected chi connectivity index (χ2v) is 7.66. The van der Waals surface area contributed by atoms with Crippen molar-refractivity contribution >= 4 is 45.1 Å². The summed E-state index contributed by atoms with van der Waals surface area (Å²) in [5, 5.41) is 20.5. The standard InChI is InChI=1S/C21H20Cl2N2O9/c1-12-8-13(20(22)26)15(24(28)29)10-17(12)33-6-4-3-5-7-34-19-11-16(25(30)31)14(21(23)27)9-18(19)32-2/h8-11H,3-7H2,1-2H3. The van der Waals surface area contributed by atoms with E-state index in [-0.39, 0.29) is 41.6 Å². The van der Waals surface area contributed by atoms with Gasteiger partial charge < -0.3 is 14.2 Å². The zero-order chi connectivity index (χ0) is 25.4. The second kappa shape index (κ2) is 12.1. The maximum Gasteiger partial charge on any atom is 0.285 e. The fourth-order valence-corrected chi connectivity index (χ4v) is 3.32. The Bertz CT molecular complexity index is 1120. The zero-order valence-corrected chi connectivity index (χ0v) is 19.7. The van der Waals surface area contributed by atoms with E-state index in [2.05, 4.69) is 0 Å². The Morgan fingerprint density at radius 2 is 1.26 bits per heavy atom. The Kier molecular flexibility index (Phi) is 9.58. The molecule has 0 spiro atoms. The number of benzene rings is 2. The van der Waals surface area contributed by atoms with Crippen molar-refractivity contribution in [2.45, 2.75) is 26.2 Å². The number of hydrogen-bond donors (Lipinski definition) is 0. The molecule has 11 nitrogen and oxygen atoms in total. The van der Waals surface area contributed by atoms with Crippen LogP contribution in [0, 0.1) is 27.2 Å². The van der Waals surface area contributed by atoms with Crippen LogP contribution in [0.3, 0.4) is 0 Å². The van der Waals surface area contributed by atoms with E-state index in [0.717, 1.165) is 12.1 Å². The van der Waals surface area contributed by atoms with Gasteiger partial charge >= 0.3 is 0 Å². The van der Waals surface area contributed by atoms with Gasteiger partial charge in [0.05, 0.1) is 42.3 Å². The van der Waals surface area contributed by atoms with Crippen molar-refractivity contribution in [3.05, 3.63) is 61.2 Å². The van der Waals surface area contributed by atoms with Gasteiger partial charge in [-0.15, -0.1) is 0 Å². The van der Waals surface area contributed by atoms with E-state index < -0.39 is 31.7 Å². The molecular weight excluding hydrogens is 495 g/mol. The minimum Gasteiger partial charge on any atom is -0.493 e. The van der Waals surface area contributed by atoms with Crippen LogP contribution in [0.2, 0.25) is 0 Å². The number of carbonyl (C=O) groups is 2. The molecule has 182 valence electrons. The topological polar surface area (TPSA) is 148 Å². The van der Waals surface area contributed by atoms with Crippen molar-refractivity contribution in [2.24, 2.45) is 0 Å². The number of ether oxygens (including phenoxy) is 3. The third-order valence-electron chi connectivity index (χ3n) is 4.70. The van der Waals surface area contributed by atoms with Gasteiger partial charge in [-0.1, -0.05) is 0 Å². The van der Waals surface area contributed by atoms with Gasteiger partial charge in [-0.2, -0.15) is 0 Å². The Morgan fingerprint density at radius 1 is 0.794 bits per heavy atom. The first-order chi connectivity index (χ1) is 16.1. The SMILES string of the molecule is COc1cc(C(=O)Cl)c([N+](=O)[O-])cc1OCCCCCOc1cc([N+](=O)[O-])c(C(=O)Cl)cc1C. The molecule has 0 atom stereocenters. The van der Waals surface area contributed by atoms with Crippen molar-refractivity contribution in [3.8, 4) is 17.2 Å². The molecule has 0 N–H and O–H groups in total. The summed E-state index contributed by atoms with van der Waals surface area (Å²) in [6.07, 6.45) is 1.81. The Balaban J connectivity index is 1.90. The molecule has 2 rings (SSSR count). The quantitative estimate of drug-likeness (QED) is 0.152. The zero-order valence-electron chi connectivity index (χ0n) is 18.2. The minimum atomic E-state index is -0.985. The third kappa shape index (κ3) is 6.78. The summed E-state index contributed by atoms with van der Waals surface area (Å²) < 4.78 is 16.3. The maximum atomic E-state index is 11.4. The third-order valence-corrected chi connectivity index (χ3v) is 5.10. The van der Waals surface area contributed by atoms with E-state index in [1.165, 1.54) is 19.2 Å². The molecule has 0 amide bonds. The molecule has 0 saturated heterocycles. The molecule has 2 aromatic rings. The van der Waals surface area contributed by atoms with Gasteiger partial charge in [0.15, 0.2) is 11.5 Å². The highest BCUT2D eigenvalue weighted by atomic mass is 35.5. The molecule has 0 radical (unpaired) electrons. The molecule has 0 saturated carbocycles. The number of halogens is 2. The highest BCUT2D eigenvalue weighted by Crippen LogP contribution is 2.35. The van der Waals surface area contributed by atoms with E-state index >= 15 is 0 Å². The predicted octanol–water partition coefficient (Wildman–Crippen LogP) is 5.21. The van der Waals surface area contributed by atoms with Crippen molar-refractivity contribution in [1.29, 1.82) is 0 Å². The first-order valence-corrected chi connectivity index (χ1v) is 10.6. The smallest absolute Gasteiger partial charge is 0.285 e. The largest absolute Gasteiger partial charge is 0.493 e. The molecule has 0 aliphatic heterocycles. The van der Waals surface area contributed by atoms with Gasteiger partial charge in [-0.3, -0.25) is 29.8 Å². The lowest BCUT2D eigenvalue weighted by Gasteiger charge is -2.12. The lowest BCUT2D eigenvalue weighted by molar-refractivity contribution is -0.385. The molecule has 13 heteroatoms. The maximum absolute atomic E-state index is 11.4. The van der Waals surface area contributed by atoms with Crippen LogP contribution in [0.25, 0.3) is 0 Å². The van der Waals surface area contributed by atoms with Crippen LogP contribution in [0.4, 0.5) is 11.4 Å². The molecule has 2 aromatic carbocycles. The lowest BCUT2D eigenvalue weighted by Crippen LogP contribution is -2.05. The highest BCUT2D eigenvalue weighted by molar-refractivity contribution is 6.68. The van der Waals surface area contributed by atoms with Gasteiger partial charge in [-0.05, 0) is 61.0 Å². The number of unbranched alkanes of at least 4 members (excludes halogenated alkanes) is 2. The van der Waals surface area contributed by atoms with Crippen molar-refractivity contribution < 1.29 is 33.6 Å². The average molecular weight is 515 g/mol. The summed E-state index contributed by atoms with van der Waals surface area (Å²) in [5.41, 5.74) is -0.889. The van der Waals surface area contributed by atoms with Crippen LogP contribution in [-0.4, -0.2) is 40.7 Å². The van der Waals surface area contributed by atoms with E-state index in [1.807, 2.05) is 0 Å². The van der Waals surface area contributed by atoms with Gasteiger partial charge in [0.25, 0.3) is 21.9 Å². The molecule has 34 heavy (non-hydrogen) atoms. The summed E-state index contributed by atoms with van der Waals surface area (Å²) >= 11 is 10.8. The van der Waals surface area contributed by atoms with Crippen molar-refractivity contribution in [1.82, 2.24) is 0 Å². The molecule has 0 unspecified atom stereocenters. The number of nitro benzene ring substituents is 2. The number of methoxy groups -OCH3 is 1. The van der Waals surface area contributed by atoms with Crippen LogP contribution in [-0.2, 0) is 0 Å². The Hall–Kier alpha value is -3.44.